The minimum absolute atomic E-state index is 0.192. The quantitative estimate of drug-likeness (QED) is 0.820. The fraction of sp³-hybridized carbons (Fsp3) is 0.364. The summed E-state index contributed by atoms with van der Waals surface area (Å²) in [4.78, 5) is 10.4. The van der Waals surface area contributed by atoms with Crippen molar-refractivity contribution in [1.82, 2.24) is 0 Å². The highest BCUT2D eigenvalue weighted by Gasteiger charge is 2.32. The number of benzene rings is 1. The summed E-state index contributed by atoms with van der Waals surface area (Å²) in [6, 6.07) is 2.55. The lowest BCUT2D eigenvalue weighted by molar-refractivity contribution is -0.274. The first-order valence-corrected chi connectivity index (χ1v) is 5.22. The van der Waals surface area contributed by atoms with Crippen molar-refractivity contribution in [3.8, 4) is 11.5 Å². The van der Waals surface area contributed by atoms with Crippen molar-refractivity contribution in [2.24, 2.45) is 0 Å². The van der Waals surface area contributed by atoms with Crippen LogP contribution in [0.4, 0.5) is 22.0 Å². The number of halogens is 5. The van der Waals surface area contributed by atoms with Gasteiger partial charge >= 0.3 is 18.9 Å². The average molecular weight is 300 g/mol. The van der Waals surface area contributed by atoms with Crippen LogP contribution in [0.25, 0.3) is 0 Å². The van der Waals surface area contributed by atoms with Crippen molar-refractivity contribution < 1.29 is 41.3 Å². The Morgan fingerprint density at radius 2 is 1.95 bits per heavy atom. The van der Waals surface area contributed by atoms with Gasteiger partial charge in [0.05, 0.1) is 0 Å². The van der Waals surface area contributed by atoms with Crippen molar-refractivity contribution in [3.05, 3.63) is 23.8 Å². The first-order valence-electron chi connectivity index (χ1n) is 5.22. The first-order chi connectivity index (χ1) is 9.17. The molecule has 0 spiro atoms. The summed E-state index contributed by atoms with van der Waals surface area (Å²) in [5, 5.41) is 8.50. The molecule has 0 aromatic heterocycles. The molecule has 0 unspecified atom stereocenters. The zero-order chi connectivity index (χ0) is 15.3. The number of carboxylic acids is 1. The van der Waals surface area contributed by atoms with Gasteiger partial charge in [0.2, 0.25) is 0 Å². The molecule has 0 aliphatic heterocycles. The van der Waals surface area contributed by atoms with E-state index in [0.717, 1.165) is 18.2 Å². The summed E-state index contributed by atoms with van der Waals surface area (Å²) in [5.41, 5.74) is -0.192. The third kappa shape index (κ3) is 5.72. The summed E-state index contributed by atoms with van der Waals surface area (Å²) in [5.74, 6) is -2.28. The zero-order valence-electron chi connectivity index (χ0n) is 9.79. The molecular weight excluding hydrogens is 291 g/mol. The molecule has 20 heavy (non-hydrogen) atoms. The molecule has 0 atom stereocenters. The Kier molecular flexibility index (Phi) is 5.12. The highest BCUT2D eigenvalue weighted by molar-refractivity contribution is 5.67. The van der Waals surface area contributed by atoms with E-state index in [1.807, 2.05) is 0 Å². The first kappa shape index (κ1) is 16.0. The Hall–Kier alpha value is -2.06. The van der Waals surface area contributed by atoms with Gasteiger partial charge in [-0.1, -0.05) is 0 Å². The van der Waals surface area contributed by atoms with Crippen LogP contribution in [-0.2, 0) is 11.2 Å². The Balaban J connectivity index is 2.99. The Morgan fingerprint density at radius 1 is 1.30 bits per heavy atom. The smallest absolute Gasteiger partial charge is 0.481 e. The Bertz CT molecular complexity index is 472. The fourth-order valence-electron chi connectivity index (χ4n) is 1.39. The van der Waals surface area contributed by atoms with Gasteiger partial charge in [-0.3, -0.25) is 4.79 Å². The molecule has 0 aliphatic carbocycles. The van der Waals surface area contributed by atoms with Crippen molar-refractivity contribution in [3.63, 3.8) is 0 Å². The molecule has 0 saturated carbocycles. The number of hydrogen-bond donors (Lipinski definition) is 1. The molecule has 4 nitrogen and oxygen atoms in total. The van der Waals surface area contributed by atoms with Crippen molar-refractivity contribution in [1.29, 1.82) is 0 Å². The van der Waals surface area contributed by atoms with Crippen LogP contribution in [0.15, 0.2) is 18.2 Å². The third-order valence-electron chi connectivity index (χ3n) is 2.09. The van der Waals surface area contributed by atoms with E-state index in [2.05, 4.69) is 9.47 Å². The van der Waals surface area contributed by atoms with Crippen LogP contribution in [0.1, 0.15) is 12.0 Å². The Morgan fingerprint density at radius 3 is 2.45 bits per heavy atom. The topological polar surface area (TPSA) is 55.8 Å². The van der Waals surface area contributed by atoms with E-state index in [4.69, 9.17) is 5.11 Å². The number of aryl methyl sites for hydroxylation is 1. The van der Waals surface area contributed by atoms with E-state index in [0.29, 0.717) is 0 Å². The number of carboxylic acid groups (broad SMARTS) is 1. The number of carbonyl (C=O) groups is 1. The maximum Gasteiger partial charge on any atom is 0.573 e. The van der Waals surface area contributed by atoms with Crippen molar-refractivity contribution >= 4 is 5.97 Å². The van der Waals surface area contributed by atoms with Gasteiger partial charge < -0.3 is 14.6 Å². The molecule has 0 saturated heterocycles. The number of alkyl halides is 5. The summed E-state index contributed by atoms with van der Waals surface area (Å²) in [6.07, 6.45) is -5.77. The predicted molar refractivity (Wildman–Crippen MR) is 55.7 cm³/mol. The largest absolute Gasteiger partial charge is 0.573 e. The minimum atomic E-state index is -4.97. The number of aliphatic carboxylic acids is 1. The van der Waals surface area contributed by atoms with Crippen molar-refractivity contribution in [2.75, 3.05) is 0 Å². The summed E-state index contributed by atoms with van der Waals surface area (Å²) in [7, 11) is 0. The van der Waals surface area contributed by atoms with Crippen LogP contribution in [0.5, 0.6) is 11.5 Å². The molecule has 0 bridgehead atoms. The highest BCUT2D eigenvalue weighted by atomic mass is 19.4. The van der Waals surface area contributed by atoms with Crippen LogP contribution in [0.3, 0.4) is 0 Å². The second-order valence-electron chi connectivity index (χ2n) is 3.59. The van der Waals surface area contributed by atoms with Gasteiger partial charge in [0.1, 0.15) is 11.5 Å². The number of rotatable bonds is 6. The van der Waals surface area contributed by atoms with E-state index >= 15 is 0 Å². The second-order valence-corrected chi connectivity index (χ2v) is 3.59. The minimum Gasteiger partial charge on any atom is -0.481 e. The monoisotopic (exact) mass is 300 g/mol. The third-order valence-corrected chi connectivity index (χ3v) is 2.09. The maximum atomic E-state index is 12.1. The lowest BCUT2D eigenvalue weighted by Crippen LogP contribution is -2.18. The summed E-state index contributed by atoms with van der Waals surface area (Å²) in [6.45, 7) is -3.14. The zero-order valence-corrected chi connectivity index (χ0v) is 9.79. The van der Waals surface area contributed by atoms with Gasteiger partial charge in [-0.05, 0) is 30.2 Å². The highest BCUT2D eigenvalue weighted by Crippen LogP contribution is 2.30. The summed E-state index contributed by atoms with van der Waals surface area (Å²) >= 11 is 0. The van der Waals surface area contributed by atoms with Crippen LogP contribution in [0, 0.1) is 0 Å². The predicted octanol–water partition coefficient (Wildman–Crippen LogP) is 3.20. The van der Waals surface area contributed by atoms with Gasteiger partial charge in [-0.2, -0.15) is 8.78 Å². The molecule has 0 radical (unpaired) electrons. The molecule has 0 fully saturated rings. The second kappa shape index (κ2) is 6.40. The van der Waals surface area contributed by atoms with Crippen LogP contribution >= 0.6 is 0 Å². The van der Waals surface area contributed by atoms with E-state index in [9.17, 15) is 26.7 Å². The number of hydrogen-bond acceptors (Lipinski definition) is 3. The van der Waals surface area contributed by atoms with Crippen LogP contribution in [-0.4, -0.2) is 24.0 Å². The average Bonchev–Trinajstić information content (AvgIpc) is 2.26. The van der Waals surface area contributed by atoms with Crippen LogP contribution < -0.4 is 9.47 Å². The van der Waals surface area contributed by atoms with Gasteiger partial charge in [-0.15, -0.1) is 13.2 Å². The van der Waals surface area contributed by atoms with Gasteiger partial charge in [0, 0.05) is 6.42 Å². The molecule has 0 heterocycles. The Labute approximate surface area is 109 Å². The van der Waals surface area contributed by atoms with E-state index in [1.54, 1.807) is 0 Å². The van der Waals surface area contributed by atoms with Crippen LogP contribution in [0.2, 0.25) is 0 Å². The molecule has 112 valence electrons. The molecule has 1 aromatic carbocycles. The number of ether oxygens (including phenoxy) is 2. The molecule has 1 N–H and O–H groups in total. The van der Waals surface area contributed by atoms with Crippen molar-refractivity contribution in [2.45, 2.75) is 25.8 Å². The molecular formula is C11H9F5O4. The lowest BCUT2D eigenvalue weighted by Gasteiger charge is -2.14. The van der Waals surface area contributed by atoms with Gasteiger partial charge in [0.15, 0.2) is 0 Å². The summed E-state index contributed by atoms with van der Waals surface area (Å²) < 4.78 is 68.2. The molecule has 0 amide bonds. The van der Waals surface area contributed by atoms with E-state index in [-0.39, 0.29) is 17.7 Å². The normalized spacial score (nSPS) is 11.5. The molecule has 1 rings (SSSR count). The van der Waals surface area contributed by atoms with E-state index in [1.165, 1.54) is 0 Å². The van der Waals surface area contributed by atoms with Gasteiger partial charge in [-0.25, -0.2) is 0 Å². The van der Waals surface area contributed by atoms with E-state index < -0.39 is 31.1 Å². The molecule has 0 aliphatic rings. The standard InChI is InChI=1S/C11H9F5O4/c12-10(13)19-7-2-3-8(20-11(14,15)16)6(5-7)1-4-9(17)18/h2-3,5,10H,1,4H2,(H,17,18). The molecule has 1 aromatic rings. The maximum absolute atomic E-state index is 12.1. The fourth-order valence-corrected chi connectivity index (χ4v) is 1.39. The lowest BCUT2D eigenvalue weighted by atomic mass is 10.1. The van der Waals surface area contributed by atoms with Gasteiger partial charge in [0.25, 0.3) is 0 Å². The SMILES string of the molecule is O=C(O)CCc1cc(OC(F)F)ccc1OC(F)(F)F. The molecule has 9 heteroatoms.